The largest absolute Gasteiger partial charge is 0.396 e. The molecule has 30 heavy (non-hydrogen) atoms. The molecule has 0 radical (unpaired) electrons. The number of carbonyl (C=O) groups excluding carboxylic acids is 3. The number of nitrogens with zero attached hydrogens (tertiary/aromatic N) is 3. The van der Waals surface area contributed by atoms with Crippen molar-refractivity contribution in [1.82, 2.24) is 20.1 Å². The van der Waals surface area contributed by atoms with Gasteiger partial charge in [0.05, 0.1) is 5.56 Å². The van der Waals surface area contributed by atoms with Crippen molar-refractivity contribution in [2.45, 2.75) is 50.7 Å². The summed E-state index contributed by atoms with van der Waals surface area (Å²) in [6.45, 7) is 3.39. The molecule has 1 aromatic rings. The number of amides is 3. The van der Waals surface area contributed by atoms with E-state index in [9.17, 15) is 19.5 Å². The molecule has 4 heterocycles. The number of anilines is 1. The van der Waals surface area contributed by atoms with Crippen molar-refractivity contribution < 1.29 is 19.5 Å². The van der Waals surface area contributed by atoms with Crippen molar-refractivity contribution in [1.29, 1.82) is 0 Å². The molecule has 3 atom stereocenters. The molecule has 0 saturated carbocycles. The van der Waals surface area contributed by atoms with Crippen LogP contribution in [0.4, 0.5) is 5.82 Å². The maximum atomic E-state index is 13.1. The molecule has 1 aromatic heterocycles. The molecule has 3 amide bonds. The van der Waals surface area contributed by atoms with E-state index in [0.717, 1.165) is 12.8 Å². The molecule has 2 saturated heterocycles. The van der Waals surface area contributed by atoms with E-state index in [4.69, 9.17) is 0 Å². The number of aliphatic hydroxyl groups excluding tert-OH is 1. The molecule has 9 nitrogen and oxygen atoms in total. The van der Waals surface area contributed by atoms with E-state index >= 15 is 0 Å². The smallest absolute Gasteiger partial charge is 0.256 e. The second-order valence-electron chi connectivity index (χ2n) is 8.55. The summed E-state index contributed by atoms with van der Waals surface area (Å²) in [5.74, 6) is 0.253. The van der Waals surface area contributed by atoms with Gasteiger partial charge in [-0.05, 0) is 44.2 Å². The van der Waals surface area contributed by atoms with E-state index in [-0.39, 0.29) is 36.7 Å². The summed E-state index contributed by atoms with van der Waals surface area (Å²) in [5, 5.41) is 15.8. The number of pyridine rings is 1. The zero-order valence-electron chi connectivity index (χ0n) is 17.3. The number of aliphatic hydroxyl groups is 1. The Labute approximate surface area is 175 Å². The fraction of sp³-hybridized carbons (Fsp3) is 0.619. The minimum absolute atomic E-state index is 0.0736. The number of hydrogen-bond acceptors (Lipinski definition) is 6. The van der Waals surface area contributed by atoms with Gasteiger partial charge >= 0.3 is 0 Å². The Balaban J connectivity index is 1.46. The lowest BCUT2D eigenvalue weighted by Gasteiger charge is -2.39. The van der Waals surface area contributed by atoms with Gasteiger partial charge in [-0.3, -0.25) is 14.4 Å². The van der Waals surface area contributed by atoms with Gasteiger partial charge in [-0.15, -0.1) is 0 Å². The van der Waals surface area contributed by atoms with E-state index in [2.05, 4.69) is 15.6 Å². The molecule has 1 spiro atoms. The van der Waals surface area contributed by atoms with Crippen LogP contribution in [0.2, 0.25) is 0 Å². The van der Waals surface area contributed by atoms with Gasteiger partial charge in [0.1, 0.15) is 17.5 Å². The number of aromatic nitrogens is 1. The highest BCUT2D eigenvalue weighted by Gasteiger charge is 2.42. The minimum atomic E-state index is -0.751. The van der Waals surface area contributed by atoms with Gasteiger partial charge in [0, 0.05) is 45.3 Å². The van der Waals surface area contributed by atoms with Crippen LogP contribution in [0.3, 0.4) is 0 Å². The minimum Gasteiger partial charge on any atom is -0.396 e. The van der Waals surface area contributed by atoms with Crippen LogP contribution < -0.4 is 10.6 Å². The molecular formula is C21H29N5O4. The molecule has 162 valence electrons. The lowest BCUT2D eigenvalue weighted by molar-refractivity contribution is -0.146. The van der Waals surface area contributed by atoms with Crippen LogP contribution in [-0.2, 0) is 9.59 Å². The van der Waals surface area contributed by atoms with Gasteiger partial charge in [0.25, 0.3) is 5.91 Å². The highest BCUT2D eigenvalue weighted by atomic mass is 16.3. The fourth-order valence-electron chi connectivity index (χ4n) is 4.73. The average Bonchev–Trinajstić information content (AvgIpc) is 2.92. The third kappa shape index (κ3) is 3.86. The summed E-state index contributed by atoms with van der Waals surface area (Å²) in [7, 11) is 0. The second kappa shape index (κ2) is 8.22. The first kappa shape index (κ1) is 20.6. The van der Waals surface area contributed by atoms with Crippen molar-refractivity contribution in [2.24, 2.45) is 5.92 Å². The number of rotatable bonds is 3. The molecule has 0 aromatic carbocycles. The molecule has 0 unspecified atom stereocenters. The summed E-state index contributed by atoms with van der Waals surface area (Å²) in [5.41, 5.74) is -0.263. The van der Waals surface area contributed by atoms with E-state index < -0.39 is 11.7 Å². The SMILES string of the molecule is C[C@H](C(=O)N1CCC[C@@H](CO)C1)N1CC[C@@]2(CCC1=O)NC(=O)c1cccnc1N2. The first-order valence-corrected chi connectivity index (χ1v) is 10.7. The third-order valence-electron chi connectivity index (χ3n) is 6.54. The van der Waals surface area contributed by atoms with E-state index in [1.807, 2.05) is 0 Å². The first-order valence-electron chi connectivity index (χ1n) is 10.7. The quantitative estimate of drug-likeness (QED) is 0.665. The van der Waals surface area contributed by atoms with Gasteiger partial charge in [-0.25, -0.2) is 4.98 Å². The van der Waals surface area contributed by atoms with Crippen LogP contribution in [-0.4, -0.2) is 75.6 Å². The van der Waals surface area contributed by atoms with Crippen LogP contribution in [0.15, 0.2) is 18.3 Å². The number of nitrogens with one attached hydrogen (secondary N) is 2. The van der Waals surface area contributed by atoms with Crippen molar-refractivity contribution in [3.63, 3.8) is 0 Å². The fourth-order valence-corrected chi connectivity index (χ4v) is 4.73. The standard InChI is InChI=1S/C21H29N5O4/c1-14(20(30)25-10-3-4-15(12-25)13-27)26-11-8-21(7-6-17(26)28)23-18-16(19(29)24-21)5-2-9-22-18/h2,5,9,14-15,27H,3-4,6-8,10-13H2,1H3,(H,22,23)(H,24,29)/t14-,15-,21-/m1/s1. The van der Waals surface area contributed by atoms with Crippen molar-refractivity contribution in [2.75, 3.05) is 31.6 Å². The molecular weight excluding hydrogens is 386 g/mol. The second-order valence-corrected chi connectivity index (χ2v) is 8.55. The Kier molecular flexibility index (Phi) is 5.64. The van der Waals surface area contributed by atoms with Crippen molar-refractivity contribution in [3.05, 3.63) is 23.9 Å². The maximum Gasteiger partial charge on any atom is 0.256 e. The Morgan fingerprint density at radius 1 is 1.33 bits per heavy atom. The number of carbonyl (C=O) groups is 3. The summed E-state index contributed by atoms with van der Waals surface area (Å²) in [6, 6.07) is 2.85. The van der Waals surface area contributed by atoms with Crippen LogP contribution in [0, 0.1) is 5.92 Å². The third-order valence-corrected chi connectivity index (χ3v) is 6.54. The molecule has 3 aliphatic heterocycles. The molecule has 0 aliphatic carbocycles. The van der Waals surface area contributed by atoms with Gasteiger partial charge in [0.2, 0.25) is 11.8 Å². The average molecular weight is 415 g/mol. The van der Waals surface area contributed by atoms with E-state index in [1.165, 1.54) is 0 Å². The number of hydrogen-bond donors (Lipinski definition) is 3. The predicted molar refractivity (Wildman–Crippen MR) is 109 cm³/mol. The normalized spacial score (nSPS) is 27.7. The maximum absolute atomic E-state index is 13.1. The topological polar surface area (TPSA) is 115 Å². The molecule has 9 heteroatoms. The lowest BCUT2D eigenvalue weighted by Crippen LogP contribution is -2.58. The summed E-state index contributed by atoms with van der Waals surface area (Å²) in [6.07, 6.45) is 4.56. The first-order chi connectivity index (χ1) is 14.4. The predicted octanol–water partition coefficient (Wildman–Crippen LogP) is 0.565. The zero-order valence-corrected chi connectivity index (χ0v) is 17.3. The van der Waals surface area contributed by atoms with Crippen LogP contribution in [0.5, 0.6) is 0 Å². The lowest BCUT2D eigenvalue weighted by atomic mass is 9.97. The van der Waals surface area contributed by atoms with Gasteiger partial charge in [-0.2, -0.15) is 0 Å². The van der Waals surface area contributed by atoms with Crippen LogP contribution in [0.1, 0.15) is 49.4 Å². The molecule has 3 N–H and O–H groups in total. The van der Waals surface area contributed by atoms with Gasteiger partial charge in [-0.1, -0.05) is 0 Å². The Bertz CT molecular complexity index is 846. The van der Waals surface area contributed by atoms with Crippen LogP contribution in [0.25, 0.3) is 0 Å². The monoisotopic (exact) mass is 415 g/mol. The Hall–Kier alpha value is -2.68. The summed E-state index contributed by atoms with van der Waals surface area (Å²) < 4.78 is 0. The zero-order chi connectivity index (χ0) is 21.3. The molecule has 3 aliphatic rings. The molecule has 2 fully saturated rings. The highest BCUT2D eigenvalue weighted by molar-refractivity contribution is 6.01. The molecule has 0 bridgehead atoms. The Morgan fingerprint density at radius 3 is 2.97 bits per heavy atom. The Morgan fingerprint density at radius 2 is 2.17 bits per heavy atom. The number of fused-ring (bicyclic) bond motifs is 1. The van der Waals surface area contributed by atoms with E-state index in [1.54, 1.807) is 35.1 Å². The van der Waals surface area contributed by atoms with Crippen molar-refractivity contribution >= 4 is 23.5 Å². The number of likely N-dealkylation sites (tertiary alicyclic amines) is 2. The van der Waals surface area contributed by atoms with Crippen LogP contribution >= 0.6 is 0 Å². The molecule has 4 rings (SSSR count). The van der Waals surface area contributed by atoms with Gasteiger partial charge < -0.3 is 25.5 Å². The van der Waals surface area contributed by atoms with Gasteiger partial charge in [0.15, 0.2) is 0 Å². The number of piperidine rings is 1. The van der Waals surface area contributed by atoms with Crippen molar-refractivity contribution in [3.8, 4) is 0 Å². The summed E-state index contributed by atoms with van der Waals surface area (Å²) >= 11 is 0. The summed E-state index contributed by atoms with van der Waals surface area (Å²) in [4.78, 5) is 46.2. The highest BCUT2D eigenvalue weighted by Crippen LogP contribution is 2.31. The van der Waals surface area contributed by atoms with E-state index in [0.29, 0.717) is 43.9 Å².